The van der Waals surface area contributed by atoms with Crippen LogP contribution in [0.15, 0.2) is 24.3 Å². The number of nitrogens with one attached hydrogen (secondary N) is 1. The Morgan fingerprint density at radius 2 is 2.12 bits per heavy atom. The number of para-hydroxylation sites is 1. The summed E-state index contributed by atoms with van der Waals surface area (Å²) in [6, 6.07) is 8.55. The van der Waals surface area contributed by atoms with Crippen molar-refractivity contribution in [2.24, 2.45) is 0 Å². The van der Waals surface area contributed by atoms with Gasteiger partial charge in [-0.1, -0.05) is 25.1 Å². The van der Waals surface area contributed by atoms with Gasteiger partial charge in [0, 0.05) is 11.6 Å². The first-order valence-corrected chi connectivity index (χ1v) is 7.39. The normalized spacial score (nSPS) is 12.4. The highest BCUT2D eigenvalue weighted by Gasteiger charge is 2.09. The first-order valence-electron chi connectivity index (χ1n) is 6.23. The molecule has 0 aliphatic carbocycles. The van der Waals surface area contributed by atoms with E-state index >= 15 is 0 Å². The summed E-state index contributed by atoms with van der Waals surface area (Å²) >= 11 is 2.00. The molecule has 0 aliphatic rings. The van der Waals surface area contributed by atoms with Gasteiger partial charge in [0.2, 0.25) is 0 Å². The van der Waals surface area contributed by atoms with Crippen LogP contribution in [0.2, 0.25) is 0 Å². The number of thioether (sulfide) groups is 1. The third-order valence-electron chi connectivity index (χ3n) is 2.73. The van der Waals surface area contributed by atoms with Crippen molar-refractivity contribution in [3.63, 3.8) is 0 Å². The average molecular weight is 253 g/mol. The third kappa shape index (κ3) is 5.00. The maximum Gasteiger partial charge on any atom is 0.123 e. The molecule has 96 valence electrons. The SMILES string of the molecule is CCSCCCN[C@@H](C)c1ccccc1OC. The Balaban J connectivity index is 2.38. The summed E-state index contributed by atoms with van der Waals surface area (Å²) in [6.45, 7) is 5.45. The lowest BCUT2D eigenvalue weighted by Gasteiger charge is -2.17. The predicted molar refractivity (Wildman–Crippen MR) is 77.0 cm³/mol. The predicted octanol–water partition coefficient (Wildman–Crippen LogP) is 3.49. The first-order chi connectivity index (χ1) is 8.29. The van der Waals surface area contributed by atoms with Crippen LogP contribution >= 0.6 is 11.8 Å². The van der Waals surface area contributed by atoms with Crippen molar-refractivity contribution in [1.82, 2.24) is 5.32 Å². The van der Waals surface area contributed by atoms with Gasteiger partial charge < -0.3 is 10.1 Å². The number of methoxy groups -OCH3 is 1. The van der Waals surface area contributed by atoms with E-state index in [0.29, 0.717) is 6.04 Å². The molecule has 0 amide bonds. The van der Waals surface area contributed by atoms with Gasteiger partial charge in [-0.3, -0.25) is 0 Å². The Morgan fingerprint density at radius 3 is 2.82 bits per heavy atom. The maximum atomic E-state index is 5.37. The quantitative estimate of drug-likeness (QED) is 0.717. The van der Waals surface area contributed by atoms with E-state index in [4.69, 9.17) is 4.74 Å². The molecule has 0 spiro atoms. The summed E-state index contributed by atoms with van der Waals surface area (Å²) in [5, 5.41) is 3.54. The number of benzene rings is 1. The van der Waals surface area contributed by atoms with E-state index in [1.807, 2.05) is 23.9 Å². The molecule has 0 unspecified atom stereocenters. The highest BCUT2D eigenvalue weighted by atomic mass is 32.2. The van der Waals surface area contributed by atoms with Crippen LogP contribution in [0, 0.1) is 0 Å². The van der Waals surface area contributed by atoms with E-state index in [1.165, 1.54) is 23.5 Å². The largest absolute Gasteiger partial charge is 0.496 e. The molecular formula is C14H23NOS. The lowest BCUT2D eigenvalue weighted by Crippen LogP contribution is -2.20. The molecule has 1 N–H and O–H groups in total. The fourth-order valence-corrected chi connectivity index (χ4v) is 2.41. The van der Waals surface area contributed by atoms with E-state index in [2.05, 4.69) is 31.3 Å². The Labute approximate surface area is 109 Å². The molecule has 0 radical (unpaired) electrons. The molecule has 0 saturated carbocycles. The number of ether oxygens (including phenoxy) is 1. The standard InChI is InChI=1S/C14H23NOS/c1-4-17-11-7-10-15-12(2)13-8-5-6-9-14(13)16-3/h5-6,8-9,12,15H,4,7,10-11H2,1-3H3/t12-/m0/s1. The van der Waals surface area contributed by atoms with Gasteiger partial charge >= 0.3 is 0 Å². The molecule has 0 fully saturated rings. The fraction of sp³-hybridized carbons (Fsp3) is 0.571. The van der Waals surface area contributed by atoms with Crippen molar-refractivity contribution in [1.29, 1.82) is 0 Å². The third-order valence-corrected chi connectivity index (χ3v) is 3.71. The summed E-state index contributed by atoms with van der Waals surface area (Å²) in [4.78, 5) is 0. The Morgan fingerprint density at radius 1 is 1.35 bits per heavy atom. The fourth-order valence-electron chi connectivity index (χ4n) is 1.77. The van der Waals surface area contributed by atoms with Gasteiger partial charge in [0.15, 0.2) is 0 Å². The summed E-state index contributed by atoms with van der Waals surface area (Å²) < 4.78 is 5.37. The summed E-state index contributed by atoms with van der Waals surface area (Å²) in [5.74, 6) is 3.42. The number of hydrogen-bond donors (Lipinski definition) is 1. The van der Waals surface area contributed by atoms with Crippen LogP contribution in [0.5, 0.6) is 5.75 Å². The molecule has 0 aromatic heterocycles. The van der Waals surface area contributed by atoms with Gasteiger partial charge in [-0.15, -0.1) is 0 Å². The van der Waals surface area contributed by atoms with E-state index < -0.39 is 0 Å². The van der Waals surface area contributed by atoms with Crippen LogP contribution in [0.25, 0.3) is 0 Å². The van der Waals surface area contributed by atoms with E-state index in [-0.39, 0.29) is 0 Å². The molecule has 2 nitrogen and oxygen atoms in total. The molecule has 0 aliphatic heterocycles. The molecule has 1 atom stereocenters. The van der Waals surface area contributed by atoms with Gasteiger partial charge in [-0.2, -0.15) is 11.8 Å². The van der Waals surface area contributed by atoms with Gasteiger partial charge in [-0.25, -0.2) is 0 Å². The molecule has 1 rings (SSSR count). The van der Waals surface area contributed by atoms with Crippen molar-refractivity contribution in [2.75, 3.05) is 25.2 Å². The molecule has 0 saturated heterocycles. The van der Waals surface area contributed by atoms with Gasteiger partial charge in [0.25, 0.3) is 0 Å². The zero-order valence-electron chi connectivity index (χ0n) is 11.0. The monoisotopic (exact) mass is 253 g/mol. The van der Waals surface area contributed by atoms with Crippen LogP contribution in [0.1, 0.15) is 31.9 Å². The second-order valence-corrected chi connectivity index (χ2v) is 5.36. The topological polar surface area (TPSA) is 21.3 Å². The molecular weight excluding hydrogens is 230 g/mol. The zero-order valence-corrected chi connectivity index (χ0v) is 11.8. The summed E-state index contributed by atoms with van der Waals surface area (Å²) in [6.07, 6.45) is 1.22. The second kappa shape index (κ2) is 8.43. The van der Waals surface area contributed by atoms with Crippen molar-refractivity contribution in [2.45, 2.75) is 26.3 Å². The molecule has 3 heteroatoms. The van der Waals surface area contributed by atoms with E-state index in [1.54, 1.807) is 7.11 Å². The minimum atomic E-state index is 0.345. The first kappa shape index (κ1) is 14.4. The minimum absolute atomic E-state index is 0.345. The lowest BCUT2D eigenvalue weighted by molar-refractivity contribution is 0.402. The summed E-state index contributed by atoms with van der Waals surface area (Å²) in [5.41, 5.74) is 1.23. The minimum Gasteiger partial charge on any atom is -0.496 e. The molecule has 1 aromatic rings. The van der Waals surface area contributed by atoms with Gasteiger partial charge in [-0.05, 0) is 37.5 Å². The van der Waals surface area contributed by atoms with E-state index in [0.717, 1.165) is 12.3 Å². The van der Waals surface area contributed by atoms with Crippen LogP contribution in [-0.2, 0) is 0 Å². The van der Waals surface area contributed by atoms with Crippen molar-refractivity contribution in [3.05, 3.63) is 29.8 Å². The number of rotatable bonds is 8. The Kier molecular flexibility index (Phi) is 7.13. The highest BCUT2D eigenvalue weighted by molar-refractivity contribution is 7.99. The molecule has 1 aromatic carbocycles. The van der Waals surface area contributed by atoms with Crippen LogP contribution < -0.4 is 10.1 Å². The molecule has 0 heterocycles. The van der Waals surface area contributed by atoms with Crippen molar-refractivity contribution in [3.8, 4) is 5.75 Å². The van der Waals surface area contributed by atoms with Crippen LogP contribution in [0.4, 0.5) is 0 Å². The Bertz CT molecular complexity index is 317. The highest BCUT2D eigenvalue weighted by Crippen LogP contribution is 2.24. The van der Waals surface area contributed by atoms with Crippen LogP contribution in [-0.4, -0.2) is 25.2 Å². The lowest BCUT2D eigenvalue weighted by atomic mass is 10.1. The van der Waals surface area contributed by atoms with Gasteiger partial charge in [0.1, 0.15) is 5.75 Å². The van der Waals surface area contributed by atoms with Crippen molar-refractivity contribution < 1.29 is 4.74 Å². The molecule has 17 heavy (non-hydrogen) atoms. The van der Waals surface area contributed by atoms with Crippen LogP contribution in [0.3, 0.4) is 0 Å². The Hall–Kier alpha value is -0.670. The average Bonchev–Trinajstić information content (AvgIpc) is 2.38. The smallest absolute Gasteiger partial charge is 0.123 e. The van der Waals surface area contributed by atoms with Crippen molar-refractivity contribution >= 4 is 11.8 Å². The number of hydrogen-bond acceptors (Lipinski definition) is 3. The van der Waals surface area contributed by atoms with Gasteiger partial charge in [0.05, 0.1) is 7.11 Å². The zero-order chi connectivity index (χ0) is 12.5. The molecule has 0 bridgehead atoms. The second-order valence-electron chi connectivity index (χ2n) is 3.97. The maximum absolute atomic E-state index is 5.37. The summed E-state index contributed by atoms with van der Waals surface area (Å²) in [7, 11) is 1.73. The van der Waals surface area contributed by atoms with E-state index in [9.17, 15) is 0 Å².